The van der Waals surface area contributed by atoms with E-state index in [4.69, 9.17) is 0 Å². The molecule has 0 aromatic heterocycles. The van der Waals surface area contributed by atoms with Crippen molar-refractivity contribution in [2.75, 3.05) is 20.1 Å². The Balaban J connectivity index is 3.73. The van der Waals surface area contributed by atoms with E-state index in [9.17, 15) is 0 Å². The average molecular weight is 228 g/mol. The molecule has 0 rings (SSSR count). The molecule has 2 heteroatoms. The fourth-order valence-corrected chi connectivity index (χ4v) is 1.74. The zero-order valence-corrected chi connectivity index (χ0v) is 12.2. The third-order valence-electron chi connectivity index (χ3n) is 3.30. The fourth-order valence-electron chi connectivity index (χ4n) is 1.74. The van der Waals surface area contributed by atoms with Crippen LogP contribution in [-0.2, 0) is 0 Å². The number of nitrogens with one attached hydrogen (secondary N) is 2. The van der Waals surface area contributed by atoms with Crippen LogP contribution in [0.2, 0.25) is 0 Å². The van der Waals surface area contributed by atoms with E-state index in [-0.39, 0.29) is 5.54 Å². The van der Waals surface area contributed by atoms with Crippen molar-refractivity contribution in [3.8, 4) is 0 Å². The molecule has 0 heterocycles. The predicted molar refractivity (Wildman–Crippen MR) is 73.9 cm³/mol. The average Bonchev–Trinajstić information content (AvgIpc) is 2.17. The van der Waals surface area contributed by atoms with Gasteiger partial charge >= 0.3 is 0 Å². The summed E-state index contributed by atoms with van der Waals surface area (Å²) in [6.45, 7) is 13.6. The topological polar surface area (TPSA) is 24.1 Å². The highest BCUT2D eigenvalue weighted by atomic mass is 15.0. The first-order valence-electron chi connectivity index (χ1n) is 6.72. The minimum atomic E-state index is 0.194. The molecule has 0 aromatic rings. The van der Waals surface area contributed by atoms with Gasteiger partial charge in [0.2, 0.25) is 0 Å². The minimum Gasteiger partial charge on any atom is -0.314 e. The Morgan fingerprint density at radius 3 is 2.06 bits per heavy atom. The van der Waals surface area contributed by atoms with Gasteiger partial charge in [-0.05, 0) is 32.7 Å². The summed E-state index contributed by atoms with van der Waals surface area (Å²) in [4.78, 5) is 0. The fraction of sp³-hybridized carbons (Fsp3) is 1.00. The van der Waals surface area contributed by atoms with Crippen LogP contribution in [0.1, 0.15) is 60.3 Å². The van der Waals surface area contributed by atoms with E-state index in [1.165, 1.54) is 25.7 Å². The van der Waals surface area contributed by atoms with E-state index >= 15 is 0 Å². The van der Waals surface area contributed by atoms with Crippen molar-refractivity contribution < 1.29 is 0 Å². The zero-order chi connectivity index (χ0) is 12.7. The summed E-state index contributed by atoms with van der Waals surface area (Å²) in [5.74, 6) is 0. The largest absolute Gasteiger partial charge is 0.314 e. The molecule has 0 aromatic carbocycles. The Labute approximate surface area is 103 Å². The van der Waals surface area contributed by atoms with Gasteiger partial charge < -0.3 is 10.6 Å². The maximum Gasteiger partial charge on any atom is 0.0246 e. The van der Waals surface area contributed by atoms with Crippen molar-refractivity contribution in [2.24, 2.45) is 5.41 Å². The quantitative estimate of drug-likeness (QED) is 0.592. The van der Waals surface area contributed by atoms with Crippen LogP contribution in [0.25, 0.3) is 0 Å². The molecule has 0 bridgehead atoms. The van der Waals surface area contributed by atoms with E-state index in [0.29, 0.717) is 5.41 Å². The summed E-state index contributed by atoms with van der Waals surface area (Å²) in [6.07, 6.45) is 5.37. The molecule has 2 nitrogen and oxygen atoms in total. The lowest BCUT2D eigenvalue weighted by Crippen LogP contribution is -2.47. The molecule has 0 fully saturated rings. The molecular formula is C14H32N2. The van der Waals surface area contributed by atoms with Crippen LogP contribution >= 0.6 is 0 Å². The monoisotopic (exact) mass is 228 g/mol. The number of unbranched alkanes of at least 4 members (excludes halogenated alkanes) is 2. The Hall–Kier alpha value is -0.0800. The second-order valence-corrected chi connectivity index (χ2v) is 6.36. The van der Waals surface area contributed by atoms with Crippen molar-refractivity contribution in [3.63, 3.8) is 0 Å². The molecule has 0 atom stereocenters. The van der Waals surface area contributed by atoms with E-state index < -0.39 is 0 Å². The molecule has 0 aliphatic rings. The second kappa shape index (κ2) is 7.29. The Bertz CT molecular complexity index is 174. The van der Waals surface area contributed by atoms with Gasteiger partial charge in [-0.3, -0.25) is 0 Å². The van der Waals surface area contributed by atoms with Gasteiger partial charge in [0, 0.05) is 18.6 Å². The first-order valence-corrected chi connectivity index (χ1v) is 6.72. The van der Waals surface area contributed by atoms with Crippen LogP contribution < -0.4 is 10.6 Å². The maximum absolute atomic E-state index is 3.58. The van der Waals surface area contributed by atoms with Crippen LogP contribution in [-0.4, -0.2) is 25.7 Å². The van der Waals surface area contributed by atoms with Crippen molar-refractivity contribution in [1.29, 1.82) is 0 Å². The Morgan fingerprint density at radius 2 is 1.56 bits per heavy atom. The smallest absolute Gasteiger partial charge is 0.0246 e. The maximum atomic E-state index is 3.58. The van der Waals surface area contributed by atoms with Crippen molar-refractivity contribution in [3.05, 3.63) is 0 Å². The van der Waals surface area contributed by atoms with Crippen LogP contribution in [0.3, 0.4) is 0 Å². The van der Waals surface area contributed by atoms with Gasteiger partial charge in [-0.25, -0.2) is 0 Å². The molecule has 2 N–H and O–H groups in total. The van der Waals surface area contributed by atoms with Crippen LogP contribution in [0, 0.1) is 5.41 Å². The van der Waals surface area contributed by atoms with Crippen LogP contribution in [0.4, 0.5) is 0 Å². The Morgan fingerprint density at radius 1 is 0.938 bits per heavy atom. The summed E-state index contributed by atoms with van der Waals surface area (Å²) < 4.78 is 0. The molecule has 98 valence electrons. The lowest BCUT2D eigenvalue weighted by Gasteiger charge is -2.29. The minimum absolute atomic E-state index is 0.194. The number of hydrogen-bond acceptors (Lipinski definition) is 2. The highest BCUT2D eigenvalue weighted by Crippen LogP contribution is 2.22. The predicted octanol–water partition coefficient (Wildman–Crippen LogP) is 3.18. The van der Waals surface area contributed by atoms with Crippen LogP contribution in [0.15, 0.2) is 0 Å². The van der Waals surface area contributed by atoms with Crippen molar-refractivity contribution in [2.45, 2.75) is 65.8 Å². The number of likely N-dealkylation sites (N-methyl/N-ethyl adjacent to an activating group) is 1. The molecule has 0 saturated heterocycles. The summed E-state index contributed by atoms with van der Waals surface area (Å²) in [5, 5.41) is 6.90. The first kappa shape index (κ1) is 15.9. The molecule has 0 saturated carbocycles. The molecular weight excluding hydrogens is 196 g/mol. The van der Waals surface area contributed by atoms with Crippen molar-refractivity contribution >= 4 is 0 Å². The molecule has 0 unspecified atom stereocenters. The van der Waals surface area contributed by atoms with Crippen LogP contribution in [0.5, 0.6) is 0 Å². The first-order chi connectivity index (χ1) is 7.33. The lowest BCUT2D eigenvalue weighted by atomic mass is 9.86. The molecule has 16 heavy (non-hydrogen) atoms. The summed E-state index contributed by atoms with van der Waals surface area (Å²) in [6, 6.07) is 0. The lowest BCUT2D eigenvalue weighted by molar-refractivity contribution is 0.283. The standard InChI is InChI=1S/C14H32N2/c1-7-8-9-10-13(2,3)11-16-12-14(4,5)15-6/h15-16H,7-12H2,1-6H3. The third-order valence-corrected chi connectivity index (χ3v) is 3.30. The van der Waals surface area contributed by atoms with Gasteiger partial charge in [0.25, 0.3) is 0 Å². The van der Waals surface area contributed by atoms with E-state index in [0.717, 1.165) is 13.1 Å². The number of hydrogen-bond donors (Lipinski definition) is 2. The number of rotatable bonds is 9. The molecule has 0 aliphatic carbocycles. The van der Waals surface area contributed by atoms with E-state index in [1.807, 2.05) is 7.05 Å². The highest BCUT2D eigenvalue weighted by molar-refractivity contribution is 4.80. The van der Waals surface area contributed by atoms with E-state index in [1.54, 1.807) is 0 Å². The van der Waals surface area contributed by atoms with Gasteiger partial charge in [-0.2, -0.15) is 0 Å². The highest BCUT2D eigenvalue weighted by Gasteiger charge is 2.19. The summed E-state index contributed by atoms with van der Waals surface area (Å²) in [7, 11) is 2.02. The van der Waals surface area contributed by atoms with E-state index in [2.05, 4.69) is 45.3 Å². The normalized spacial score (nSPS) is 13.1. The van der Waals surface area contributed by atoms with Gasteiger partial charge in [0.15, 0.2) is 0 Å². The SMILES string of the molecule is CCCCCC(C)(C)CNCC(C)(C)NC. The van der Waals surface area contributed by atoms with Gasteiger partial charge in [0.1, 0.15) is 0 Å². The van der Waals surface area contributed by atoms with Gasteiger partial charge in [-0.15, -0.1) is 0 Å². The molecule has 0 aliphatic heterocycles. The summed E-state index contributed by atoms with van der Waals surface area (Å²) >= 11 is 0. The molecule has 0 amide bonds. The Kier molecular flexibility index (Phi) is 7.25. The van der Waals surface area contributed by atoms with Gasteiger partial charge in [-0.1, -0.05) is 40.0 Å². The van der Waals surface area contributed by atoms with Gasteiger partial charge in [0.05, 0.1) is 0 Å². The van der Waals surface area contributed by atoms with Crippen molar-refractivity contribution in [1.82, 2.24) is 10.6 Å². The summed E-state index contributed by atoms with van der Waals surface area (Å²) in [5.41, 5.74) is 0.624. The third kappa shape index (κ3) is 8.12. The molecule has 0 spiro atoms. The second-order valence-electron chi connectivity index (χ2n) is 6.36. The molecule has 0 radical (unpaired) electrons. The zero-order valence-electron chi connectivity index (χ0n) is 12.2.